The van der Waals surface area contributed by atoms with Crippen LogP contribution in [-0.4, -0.2) is 19.6 Å². The number of rotatable bonds is 2. The Morgan fingerprint density at radius 1 is 1.18 bits per heavy atom. The summed E-state index contributed by atoms with van der Waals surface area (Å²) in [7, 11) is 0. The van der Waals surface area contributed by atoms with Crippen molar-refractivity contribution in [3.63, 3.8) is 0 Å². The molecule has 0 amide bonds. The Bertz CT molecular complexity index is 644. The molecule has 84 valence electrons. The van der Waals surface area contributed by atoms with Gasteiger partial charge in [0.1, 0.15) is 5.69 Å². The zero-order chi connectivity index (χ0) is 11.7. The summed E-state index contributed by atoms with van der Waals surface area (Å²) in [6, 6.07) is 9.53. The van der Waals surface area contributed by atoms with Crippen LogP contribution >= 0.6 is 0 Å². The van der Waals surface area contributed by atoms with E-state index in [2.05, 4.69) is 15.1 Å². The molecule has 0 saturated carbocycles. The Morgan fingerprint density at radius 3 is 2.88 bits per heavy atom. The van der Waals surface area contributed by atoms with Crippen LogP contribution in [0, 0.1) is 0 Å². The van der Waals surface area contributed by atoms with Gasteiger partial charge in [0.25, 0.3) is 0 Å². The van der Waals surface area contributed by atoms with E-state index in [1.165, 1.54) is 0 Å². The normalized spacial score (nSPS) is 10.9. The molecule has 17 heavy (non-hydrogen) atoms. The van der Waals surface area contributed by atoms with Gasteiger partial charge in [0.05, 0.1) is 0 Å². The van der Waals surface area contributed by atoms with Crippen LogP contribution in [0.15, 0.2) is 42.7 Å². The molecule has 0 saturated heterocycles. The molecule has 3 rings (SSSR count). The van der Waals surface area contributed by atoms with Gasteiger partial charge in [0, 0.05) is 24.5 Å². The zero-order valence-electron chi connectivity index (χ0n) is 9.11. The van der Waals surface area contributed by atoms with Gasteiger partial charge in [-0.2, -0.15) is 0 Å². The summed E-state index contributed by atoms with van der Waals surface area (Å²) in [4.78, 5) is 8.69. The molecular formula is C12H11N5. The summed E-state index contributed by atoms with van der Waals surface area (Å²) >= 11 is 0. The fourth-order valence-electron chi connectivity index (χ4n) is 1.72. The number of fused-ring (bicyclic) bond motifs is 1. The number of hydrogen-bond acceptors (Lipinski definition) is 4. The van der Waals surface area contributed by atoms with E-state index in [1.54, 1.807) is 10.7 Å². The smallest absolute Gasteiger partial charge is 0.200 e. The van der Waals surface area contributed by atoms with E-state index < -0.39 is 0 Å². The molecule has 2 N–H and O–H groups in total. The monoisotopic (exact) mass is 225 g/mol. The molecule has 0 atom stereocenters. The first-order chi connectivity index (χ1) is 8.38. The van der Waals surface area contributed by atoms with Crippen LogP contribution < -0.4 is 5.73 Å². The lowest BCUT2D eigenvalue weighted by atomic mass is 10.3. The first-order valence-corrected chi connectivity index (χ1v) is 5.34. The SMILES string of the molecule is NCc1cccn2nc(-c3ccccn3)nc12. The van der Waals surface area contributed by atoms with Crippen molar-refractivity contribution < 1.29 is 0 Å². The highest BCUT2D eigenvalue weighted by Gasteiger charge is 2.08. The second-order valence-corrected chi connectivity index (χ2v) is 3.66. The van der Waals surface area contributed by atoms with Gasteiger partial charge in [-0.3, -0.25) is 4.98 Å². The second-order valence-electron chi connectivity index (χ2n) is 3.66. The molecule has 0 unspecified atom stereocenters. The van der Waals surface area contributed by atoms with Gasteiger partial charge in [0.15, 0.2) is 5.65 Å². The number of hydrogen-bond donors (Lipinski definition) is 1. The van der Waals surface area contributed by atoms with Gasteiger partial charge in [-0.05, 0) is 18.2 Å². The van der Waals surface area contributed by atoms with Crippen molar-refractivity contribution in [1.82, 2.24) is 19.6 Å². The Labute approximate surface area is 97.9 Å². The zero-order valence-corrected chi connectivity index (χ0v) is 9.11. The van der Waals surface area contributed by atoms with Crippen molar-refractivity contribution in [3.8, 4) is 11.5 Å². The van der Waals surface area contributed by atoms with Crippen LogP contribution in [0.25, 0.3) is 17.2 Å². The van der Waals surface area contributed by atoms with Gasteiger partial charge in [-0.1, -0.05) is 12.1 Å². The third-order valence-corrected chi connectivity index (χ3v) is 2.56. The Morgan fingerprint density at radius 2 is 2.12 bits per heavy atom. The lowest BCUT2D eigenvalue weighted by Crippen LogP contribution is -1.99. The maximum Gasteiger partial charge on any atom is 0.200 e. The molecule has 3 aromatic rings. The van der Waals surface area contributed by atoms with Gasteiger partial charge >= 0.3 is 0 Å². The molecule has 0 aliphatic rings. The largest absolute Gasteiger partial charge is 0.326 e. The Balaban J connectivity index is 2.20. The van der Waals surface area contributed by atoms with Crippen LogP contribution in [0.5, 0.6) is 0 Å². The molecule has 0 spiro atoms. The molecule has 0 bridgehead atoms. The average molecular weight is 225 g/mol. The molecule has 0 aliphatic heterocycles. The van der Waals surface area contributed by atoms with Crippen LogP contribution in [-0.2, 0) is 6.54 Å². The topological polar surface area (TPSA) is 69.1 Å². The predicted octanol–water partition coefficient (Wildman–Crippen LogP) is 1.25. The molecule has 5 nitrogen and oxygen atoms in total. The highest BCUT2D eigenvalue weighted by molar-refractivity contribution is 5.56. The van der Waals surface area contributed by atoms with Crippen molar-refractivity contribution >= 4 is 5.65 Å². The van der Waals surface area contributed by atoms with Crippen molar-refractivity contribution in [1.29, 1.82) is 0 Å². The third-order valence-electron chi connectivity index (χ3n) is 2.56. The summed E-state index contributed by atoms with van der Waals surface area (Å²) in [5, 5.41) is 4.38. The standard InChI is InChI=1S/C12H11N5/c13-8-9-4-3-7-17-12(9)15-11(16-17)10-5-1-2-6-14-10/h1-7H,8,13H2. The highest BCUT2D eigenvalue weighted by Crippen LogP contribution is 2.15. The molecule has 0 fully saturated rings. The number of nitrogens with zero attached hydrogens (tertiary/aromatic N) is 4. The minimum absolute atomic E-state index is 0.449. The van der Waals surface area contributed by atoms with Gasteiger partial charge in [0.2, 0.25) is 5.82 Å². The van der Waals surface area contributed by atoms with E-state index in [9.17, 15) is 0 Å². The maximum absolute atomic E-state index is 5.67. The van der Waals surface area contributed by atoms with E-state index in [0.717, 1.165) is 16.9 Å². The van der Waals surface area contributed by atoms with E-state index >= 15 is 0 Å². The lowest BCUT2D eigenvalue weighted by molar-refractivity contribution is 0.942. The summed E-state index contributed by atoms with van der Waals surface area (Å²) < 4.78 is 1.73. The molecule has 3 heterocycles. The van der Waals surface area contributed by atoms with E-state index in [4.69, 9.17) is 5.73 Å². The summed E-state index contributed by atoms with van der Waals surface area (Å²) in [6.45, 7) is 0.449. The fourth-order valence-corrected chi connectivity index (χ4v) is 1.72. The second kappa shape index (κ2) is 3.95. The molecule has 0 radical (unpaired) electrons. The Hall–Kier alpha value is -2.27. The minimum atomic E-state index is 0.449. The molecule has 5 heteroatoms. The van der Waals surface area contributed by atoms with E-state index in [-0.39, 0.29) is 0 Å². The first kappa shape index (κ1) is 9.92. The first-order valence-electron chi connectivity index (χ1n) is 5.34. The summed E-state index contributed by atoms with van der Waals surface area (Å²) in [5.41, 5.74) is 8.19. The van der Waals surface area contributed by atoms with Gasteiger partial charge in [-0.25, -0.2) is 9.50 Å². The molecular weight excluding hydrogens is 214 g/mol. The third kappa shape index (κ3) is 1.66. The summed E-state index contributed by atoms with van der Waals surface area (Å²) in [5.74, 6) is 0.617. The average Bonchev–Trinajstić information content (AvgIpc) is 2.83. The number of aromatic nitrogens is 4. The predicted molar refractivity (Wildman–Crippen MR) is 64.1 cm³/mol. The number of nitrogens with two attached hydrogens (primary N) is 1. The Kier molecular flexibility index (Phi) is 2.31. The highest BCUT2D eigenvalue weighted by atomic mass is 15.3. The minimum Gasteiger partial charge on any atom is -0.326 e. The molecule has 3 aromatic heterocycles. The fraction of sp³-hybridized carbons (Fsp3) is 0.0833. The van der Waals surface area contributed by atoms with E-state index in [1.807, 2.05) is 36.5 Å². The van der Waals surface area contributed by atoms with Crippen LogP contribution in [0.4, 0.5) is 0 Å². The van der Waals surface area contributed by atoms with E-state index in [0.29, 0.717) is 12.4 Å². The lowest BCUT2D eigenvalue weighted by Gasteiger charge is -1.96. The van der Waals surface area contributed by atoms with Gasteiger partial charge < -0.3 is 5.73 Å². The van der Waals surface area contributed by atoms with Crippen LogP contribution in [0.3, 0.4) is 0 Å². The van der Waals surface area contributed by atoms with Gasteiger partial charge in [-0.15, -0.1) is 5.10 Å². The maximum atomic E-state index is 5.67. The van der Waals surface area contributed by atoms with Crippen molar-refractivity contribution in [3.05, 3.63) is 48.3 Å². The molecule has 0 aromatic carbocycles. The van der Waals surface area contributed by atoms with Crippen LogP contribution in [0.2, 0.25) is 0 Å². The quantitative estimate of drug-likeness (QED) is 0.712. The van der Waals surface area contributed by atoms with Crippen molar-refractivity contribution in [2.45, 2.75) is 6.54 Å². The van der Waals surface area contributed by atoms with Crippen LogP contribution in [0.1, 0.15) is 5.56 Å². The van der Waals surface area contributed by atoms with Crippen molar-refractivity contribution in [2.75, 3.05) is 0 Å². The molecule has 0 aliphatic carbocycles. The number of pyridine rings is 2. The summed E-state index contributed by atoms with van der Waals surface area (Å²) in [6.07, 6.45) is 3.58. The van der Waals surface area contributed by atoms with Crippen molar-refractivity contribution in [2.24, 2.45) is 5.73 Å².